The zero-order chi connectivity index (χ0) is 23.5. The third-order valence-electron chi connectivity index (χ3n) is 4.74. The first-order valence-corrected chi connectivity index (χ1v) is 11.9. The van der Waals surface area contributed by atoms with E-state index in [0.717, 1.165) is 17.1 Å². The Balaban J connectivity index is 1.40. The fraction of sp³-hybridized carbons (Fsp3) is 0.227. The number of hydrogen-bond donors (Lipinski definition) is 2. The van der Waals surface area contributed by atoms with E-state index in [-0.39, 0.29) is 17.4 Å². The van der Waals surface area contributed by atoms with Crippen LogP contribution in [0.5, 0.6) is 0 Å². The maximum absolute atomic E-state index is 12.9. The second kappa shape index (κ2) is 9.59. The Morgan fingerprint density at radius 1 is 1.12 bits per heavy atom. The molecule has 1 amide bonds. The van der Waals surface area contributed by atoms with Crippen LogP contribution in [0.1, 0.15) is 34.4 Å². The molecule has 0 radical (unpaired) electrons. The number of thioether (sulfide) groups is 1. The molecule has 0 unspecified atom stereocenters. The summed E-state index contributed by atoms with van der Waals surface area (Å²) in [5.41, 5.74) is 3.86. The van der Waals surface area contributed by atoms with Gasteiger partial charge in [-0.3, -0.25) is 14.2 Å². The maximum atomic E-state index is 12.9. The molecule has 0 saturated carbocycles. The molecule has 3 aromatic heterocycles. The molecule has 4 rings (SSSR count). The molecular weight excluding hydrogens is 460 g/mol. The average Bonchev–Trinajstić information content (AvgIpc) is 3.45. The van der Waals surface area contributed by atoms with Crippen LogP contribution in [0.2, 0.25) is 0 Å². The SMILES string of the molecule is CC(=O)Nc1cccc(Nc2nnc(SCC(=O)c3cc(C)n(-c4cc(C)on4)c3C)s2)c1. The third-order valence-corrected chi connectivity index (χ3v) is 6.72. The van der Waals surface area contributed by atoms with Crippen LogP contribution in [-0.4, -0.2) is 37.4 Å². The standard InChI is InChI=1S/C22H22N6O3S2/c1-12-8-18(14(3)28(12)20-9-13(2)31-27-20)19(30)11-32-22-26-25-21(33-22)24-17-7-5-6-16(10-17)23-15(4)29/h5-10H,11H2,1-4H3,(H,23,29)(H,24,25). The fourth-order valence-corrected chi connectivity index (χ4v) is 5.04. The van der Waals surface area contributed by atoms with E-state index in [1.165, 1.54) is 30.0 Å². The lowest BCUT2D eigenvalue weighted by Gasteiger charge is -2.05. The van der Waals surface area contributed by atoms with Crippen LogP contribution in [0.3, 0.4) is 0 Å². The molecular formula is C22H22N6O3S2. The molecule has 0 aliphatic rings. The molecule has 170 valence electrons. The number of nitrogens with zero attached hydrogens (tertiary/aromatic N) is 4. The molecule has 4 aromatic rings. The van der Waals surface area contributed by atoms with E-state index in [1.54, 1.807) is 6.07 Å². The van der Waals surface area contributed by atoms with Crippen molar-refractivity contribution >= 4 is 51.3 Å². The van der Waals surface area contributed by atoms with Gasteiger partial charge in [-0.15, -0.1) is 10.2 Å². The van der Waals surface area contributed by atoms with Crippen molar-refractivity contribution in [3.8, 4) is 5.82 Å². The number of ketones is 1. The Hall–Kier alpha value is -3.44. The molecule has 0 aliphatic heterocycles. The quantitative estimate of drug-likeness (QED) is 0.269. The maximum Gasteiger partial charge on any atom is 0.221 e. The molecule has 33 heavy (non-hydrogen) atoms. The van der Waals surface area contributed by atoms with Crippen molar-refractivity contribution in [1.82, 2.24) is 19.9 Å². The highest BCUT2D eigenvalue weighted by atomic mass is 32.2. The number of benzene rings is 1. The Morgan fingerprint density at radius 3 is 2.64 bits per heavy atom. The second-order valence-corrected chi connectivity index (χ2v) is 9.59. The largest absolute Gasteiger partial charge is 0.360 e. The lowest BCUT2D eigenvalue weighted by molar-refractivity contribution is -0.114. The van der Waals surface area contributed by atoms with Crippen molar-refractivity contribution in [3.05, 3.63) is 59.1 Å². The van der Waals surface area contributed by atoms with Crippen molar-refractivity contribution in [1.29, 1.82) is 0 Å². The van der Waals surface area contributed by atoms with Crippen LogP contribution in [0.15, 0.2) is 45.3 Å². The molecule has 1 aromatic carbocycles. The van der Waals surface area contributed by atoms with Crippen LogP contribution >= 0.6 is 23.1 Å². The summed E-state index contributed by atoms with van der Waals surface area (Å²) in [6, 6.07) is 11.0. The minimum Gasteiger partial charge on any atom is -0.360 e. The minimum absolute atomic E-state index is 0.00674. The molecule has 0 fully saturated rings. The van der Waals surface area contributed by atoms with Crippen LogP contribution in [-0.2, 0) is 4.79 Å². The van der Waals surface area contributed by atoms with Gasteiger partial charge in [-0.05, 0) is 45.0 Å². The number of carbonyl (C=O) groups excluding carboxylic acids is 2. The molecule has 0 aliphatic carbocycles. The normalized spacial score (nSPS) is 10.9. The van der Waals surface area contributed by atoms with E-state index in [1.807, 2.05) is 55.7 Å². The van der Waals surface area contributed by atoms with Crippen LogP contribution in [0, 0.1) is 20.8 Å². The smallest absolute Gasteiger partial charge is 0.221 e. The van der Waals surface area contributed by atoms with E-state index in [2.05, 4.69) is 26.0 Å². The van der Waals surface area contributed by atoms with E-state index >= 15 is 0 Å². The van der Waals surface area contributed by atoms with Crippen molar-refractivity contribution < 1.29 is 14.1 Å². The predicted molar refractivity (Wildman–Crippen MR) is 129 cm³/mol. The summed E-state index contributed by atoms with van der Waals surface area (Å²) in [5, 5.41) is 18.9. The van der Waals surface area contributed by atoms with Gasteiger partial charge in [0.15, 0.2) is 15.9 Å². The first kappa shape index (κ1) is 22.7. The molecule has 0 bridgehead atoms. The lowest BCUT2D eigenvalue weighted by atomic mass is 10.2. The first-order chi connectivity index (χ1) is 15.8. The fourth-order valence-electron chi connectivity index (χ4n) is 3.38. The predicted octanol–water partition coefficient (Wildman–Crippen LogP) is 4.92. The number of aryl methyl sites for hydroxylation is 2. The van der Waals surface area contributed by atoms with E-state index in [9.17, 15) is 9.59 Å². The van der Waals surface area contributed by atoms with Crippen molar-refractivity contribution in [2.75, 3.05) is 16.4 Å². The summed E-state index contributed by atoms with van der Waals surface area (Å²) in [6.45, 7) is 7.13. The van der Waals surface area contributed by atoms with Crippen LogP contribution < -0.4 is 10.6 Å². The van der Waals surface area contributed by atoms with Crippen molar-refractivity contribution in [2.45, 2.75) is 32.0 Å². The zero-order valence-corrected chi connectivity index (χ0v) is 20.1. The Kier molecular flexibility index (Phi) is 6.61. The second-order valence-electron chi connectivity index (χ2n) is 7.39. The number of hydrogen-bond acceptors (Lipinski definition) is 9. The summed E-state index contributed by atoms with van der Waals surface area (Å²) >= 11 is 2.70. The molecule has 11 heteroatoms. The highest BCUT2D eigenvalue weighted by Gasteiger charge is 2.19. The van der Waals surface area contributed by atoms with Gasteiger partial charge in [0.1, 0.15) is 5.76 Å². The van der Waals surface area contributed by atoms with Gasteiger partial charge in [0.25, 0.3) is 0 Å². The monoisotopic (exact) mass is 482 g/mol. The van der Waals surface area contributed by atoms with Gasteiger partial charge in [0.2, 0.25) is 11.0 Å². The molecule has 0 saturated heterocycles. The van der Waals surface area contributed by atoms with E-state index in [0.29, 0.717) is 32.3 Å². The topological polar surface area (TPSA) is 115 Å². The molecule has 0 spiro atoms. The minimum atomic E-state index is -0.136. The summed E-state index contributed by atoms with van der Waals surface area (Å²) in [5.74, 6) is 1.49. The highest BCUT2D eigenvalue weighted by Crippen LogP contribution is 2.30. The van der Waals surface area contributed by atoms with Gasteiger partial charge in [-0.2, -0.15) is 0 Å². The van der Waals surface area contributed by atoms with Gasteiger partial charge in [0.05, 0.1) is 5.75 Å². The Morgan fingerprint density at radius 2 is 1.91 bits per heavy atom. The molecule has 9 nitrogen and oxygen atoms in total. The first-order valence-electron chi connectivity index (χ1n) is 10.1. The Bertz CT molecular complexity index is 1320. The number of amides is 1. The molecule has 2 N–H and O–H groups in total. The van der Waals surface area contributed by atoms with E-state index in [4.69, 9.17) is 4.52 Å². The molecule has 3 heterocycles. The molecule has 0 atom stereocenters. The summed E-state index contributed by atoms with van der Waals surface area (Å²) in [4.78, 5) is 24.1. The van der Waals surface area contributed by atoms with Crippen LogP contribution in [0.25, 0.3) is 5.82 Å². The van der Waals surface area contributed by atoms with E-state index < -0.39 is 0 Å². The third kappa shape index (κ3) is 5.32. The number of rotatable bonds is 8. The summed E-state index contributed by atoms with van der Waals surface area (Å²) < 4.78 is 7.77. The average molecular weight is 483 g/mol. The van der Waals surface area contributed by atoms with Gasteiger partial charge >= 0.3 is 0 Å². The van der Waals surface area contributed by atoms with Gasteiger partial charge in [-0.1, -0.05) is 34.3 Å². The van der Waals surface area contributed by atoms with Crippen LogP contribution in [0.4, 0.5) is 16.5 Å². The number of aromatic nitrogens is 4. The van der Waals surface area contributed by atoms with Gasteiger partial charge < -0.3 is 15.2 Å². The summed E-state index contributed by atoms with van der Waals surface area (Å²) in [6.07, 6.45) is 0. The van der Waals surface area contributed by atoms with Crippen molar-refractivity contribution in [2.24, 2.45) is 0 Å². The number of nitrogens with one attached hydrogen (secondary N) is 2. The lowest BCUT2D eigenvalue weighted by Crippen LogP contribution is -2.05. The zero-order valence-electron chi connectivity index (χ0n) is 18.5. The number of anilines is 3. The highest BCUT2D eigenvalue weighted by molar-refractivity contribution is 8.01. The van der Waals surface area contributed by atoms with Crippen molar-refractivity contribution in [3.63, 3.8) is 0 Å². The van der Waals surface area contributed by atoms with Gasteiger partial charge in [-0.25, -0.2) is 0 Å². The van der Waals surface area contributed by atoms with Gasteiger partial charge in [0, 0.05) is 41.3 Å². The number of carbonyl (C=O) groups is 2. The number of Topliss-reactive ketones (excluding diaryl/α,β-unsaturated/α-hetero) is 1. The Labute approximate surface area is 198 Å². The summed E-state index contributed by atoms with van der Waals surface area (Å²) in [7, 11) is 0.